The third-order valence-corrected chi connectivity index (χ3v) is 3.20. The van der Waals surface area contributed by atoms with Crippen molar-refractivity contribution in [2.24, 2.45) is 5.92 Å². The summed E-state index contributed by atoms with van der Waals surface area (Å²) in [4.78, 5) is 14.0. The van der Waals surface area contributed by atoms with Crippen LogP contribution in [0.15, 0.2) is 22.8 Å². The van der Waals surface area contributed by atoms with E-state index < -0.39 is 0 Å². The molecule has 0 saturated carbocycles. The first-order valence-electron chi connectivity index (χ1n) is 6.37. The molecule has 0 aliphatic carbocycles. The van der Waals surface area contributed by atoms with Gasteiger partial charge in [-0.05, 0) is 25.0 Å². The van der Waals surface area contributed by atoms with Crippen molar-refractivity contribution < 1.29 is 13.9 Å². The molecular formula is C14H23NO3. The van der Waals surface area contributed by atoms with Crippen molar-refractivity contribution in [2.45, 2.75) is 39.8 Å². The topological polar surface area (TPSA) is 42.7 Å². The normalized spacial score (nSPS) is 12.7. The molecule has 102 valence electrons. The minimum absolute atomic E-state index is 0.106. The average Bonchev–Trinajstić information content (AvgIpc) is 2.84. The Morgan fingerprint density at radius 3 is 2.67 bits per heavy atom. The van der Waals surface area contributed by atoms with Gasteiger partial charge in [-0.25, -0.2) is 0 Å². The van der Waals surface area contributed by atoms with Crippen LogP contribution in [0.2, 0.25) is 0 Å². The Morgan fingerprint density at radius 2 is 2.17 bits per heavy atom. The number of nitrogens with zero attached hydrogens (tertiary/aromatic N) is 1. The third kappa shape index (κ3) is 4.18. The molecule has 1 atom stereocenters. The van der Waals surface area contributed by atoms with Crippen LogP contribution in [0.25, 0.3) is 0 Å². The Morgan fingerprint density at radius 1 is 1.44 bits per heavy atom. The van der Waals surface area contributed by atoms with Crippen LogP contribution < -0.4 is 0 Å². The first kappa shape index (κ1) is 14.8. The summed E-state index contributed by atoms with van der Waals surface area (Å²) in [5.74, 6) is 1.33. The lowest BCUT2D eigenvalue weighted by Gasteiger charge is -2.31. The Labute approximate surface area is 109 Å². The lowest BCUT2D eigenvalue weighted by atomic mass is 10.0. The number of carbonyl (C=O) groups excluding carboxylic acids is 1. The number of furan rings is 1. The standard InChI is InChI=1S/C14H23NO3/c1-11(2)12(3)15(14(16)7-9-17-4)10-13-6-5-8-18-13/h5-6,8,11-12H,7,9-10H2,1-4H3. The quantitative estimate of drug-likeness (QED) is 0.750. The van der Waals surface area contributed by atoms with E-state index in [-0.39, 0.29) is 11.9 Å². The molecule has 0 aliphatic heterocycles. The molecule has 0 aliphatic rings. The van der Waals surface area contributed by atoms with Gasteiger partial charge in [-0.3, -0.25) is 4.79 Å². The van der Waals surface area contributed by atoms with Crippen LogP contribution in [-0.2, 0) is 16.1 Å². The molecule has 18 heavy (non-hydrogen) atoms. The maximum atomic E-state index is 12.2. The van der Waals surface area contributed by atoms with E-state index in [1.165, 1.54) is 0 Å². The summed E-state index contributed by atoms with van der Waals surface area (Å²) in [5.41, 5.74) is 0. The van der Waals surface area contributed by atoms with Gasteiger partial charge in [-0.1, -0.05) is 13.8 Å². The molecule has 1 amide bonds. The van der Waals surface area contributed by atoms with E-state index in [4.69, 9.17) is 9.15 Å². The summed E-state index contributed by atoms with van der Waals surface area (Å²) in [6.45, 7) is 7.28. The van der Waals surface area contributed by atoms with Crippen molar-refractivity contribution >= 4 is 5.91 Å². The molecule has 4 heteroatoms. The number of amides is 1. The molecule has 0 saturated heterocycles. The predicted octanol–water partition coefficient (Wildman–Crippen LogP) is 2.69. The molecule has 1 aromatic rings. The zero-order valence-corrected chi connectivity index (χ0v) is 11.7. The summed E-state index contributed by atoms with van der Waals surface area (Å²) in [6.07, 6.45) is 2.04. The highest BCUT2D eigenvalue weighted by Crippen LogP contribution is 2.16. The summed E-state index contributed by atoms with van der Waals surface area (Å²) in [7, 11) is 1.61. The van der Waals surface area contributed by atoms with Gasteiger partial charge < -0.3 is 14.1 Å². The fourth-order valence-electron chi connectivity index (χ4n) is 1.72. The minimum atomic E-state index is 0.106. The maximum absolute atomic E-state index is 12.2. The van der Waals surface area contributed by atoms with Gasteiger partial charge in [0.2, 0.25) is 5.91 Å². The van der Waals surface area contributed by atoms with Gasteiger partial charge in [-0.2, -0.15) is 0 Å². The molecule has 1 unspecified atom stereocenters. The number of carbonyl (C=O) groups is 1. The van der Waals surface area contributed by atoms with Crippen LogP contribution in [0.4, 0.5) is 0 Å². The highest BCUT2D eigenvalue weighted by atomic mass is 16.5. The van der Waals surface area contributed by atoms with Crippen LogP contribution in [0.1, 0.15) is 33.0 Å². The lowest BCUT2D eigenvalue weighted by molar-refractivity contribution is -0.136. The molecule has 1 rings (SSSR count). The summed E-state index contributed by atoms with van der Waals surface area (Å²) in [5, 5.41) is 0. The van der Waals surface area contributed by atoms with Gasteiger partial charge in [0, 0.05) is 13.2 Å². The molecule has 0 spiro atoms. The second-order valence-electron chi connectivity index (χ2n) is 4.83. The molecule has 0 aromatic carbocycles. The maximum Gasteiger partial charge on any atom is 0.225 e. The summed E-state index contributed by atoms with van der Waals surface area (Å²) < 4.78 is 10.3. The Bertz CT molecular complexity index is 346. The average molecular weight is 253 g/mol. The molecule has 0 bridgehead atoms. The second-order valence-corrected chi connectivity index (χ2v) is 4.83. The molecule has 0 radical (unpaired) electrons. The second kappa shape index (κ2) is 7.21. The number of hydrogen-bond donors (Lipinski definition) is 0. The van der Waals surface area contributed by atoms with Gasteiger partial charge in [0.25, 0.3) is 0 Å². The molecular weight excluding hydrogens is 230 g/mol. The van der Waals surface area contributed by atoms with E-state index in [0.717, 1.165) is 5.76 Å². The Balaban J connectivity index is 2.71. The Kier molecular flexibility index (Phi) is 5.92. The number of hydrogen-bond acceptors (Lipinski definition) is 3. The summed E-state index contributed by atoms with van der Waals surface area (Å²) in [6, 6.07) is 3.91. The molecule has 0 N–H and O–H groups in total. The van der Waals surface area contributed by atoms with E-state index >= 15 is 0 Å². The van der Waals surface area contributed by atoms with Crippen molar-refractivity contribution in [3.8, 4) is 0 Å². The van der Waals surface area contributed by atoms with E-state index in [1.807, 2.05) is 17.0 Å². The fraction of sp³-hybridized carbons (Fsp3) is 0.643. The van der Waals surface area contributed by atoms with E-state index in [2.05, 4.69) is 20.8 Å². The zero-order chi connectivity index (χ0) is 13.5. The van der Waals surface area contributed by atoms with Crippen molar-refractivity contribution in [2.75, 3.05) is 13.7 Å². The molecule has 1 heterocycles. The highest BCUT2D eigenvalue weighted by molar-refractivity contribution is 5.76. The predicted molar refractivity (Wildman–Crippen MR) is 70.1 cm³/mol. The lowest BCUT2D eigenvalue weighted by Crippen LogP contribution is -2.41. The van der Waals surface area contributed by atoms with Gasteiger partial charge in [-0.15, -0.1) is 0 Å². The minimum Gasteiger partial charge on any atom is -0.467 e. The first-order valence-corrected chi connectivity index (χ1v) is 6.37. The van der Waals surface area contributed by atoms with Crippen LogP contribution in [0.5, 0.6) is 0 Å². The van der Waals surface area contributed by atoms with Crippen LogP contribution >= 0.6 is 0 Å². The van der Waals surface area contributed by atoms with Crippen molar-refractivity contribution in [1.82, 2.24) is 4.90 Å². The fourth-order valence-corrected chi connectivity index (χ4v) is 1.72. The largest absolute Gasteiger partial charge is 0.467 e. The smallest absolute Gasteiger partial charge is 0.225 e. The van der Waals surface area contributed by atoms with Crippen molar-refractivity contribution in [3.05, 3.63) is 24.2 Å². The highest BCUT2D eigenvalue weighted by Gasteiger charge is 2.23. The molecule has 1 aromatic heterocycles. The SMILES string of the molecule is COCCC(=O)N(Cc1ccco1)C(C)C(C)C. The monoisotopic (exact) mass is 253 g/mol. The van der Waals surface area contributed by atoms with Crippen molar-refractivity contribution in [1.29, 1.82) is 0 Å². The zero-order valence-electron chi connectivity index (χ0n) is 11.7. The molecule has 4 nitrogen and oxygen atoms in total. The van der Waals surface area contributed by atoms with E-state index in [1.54, 1.807) is 13.4 Å². The van der Waals surface area contributed by atoms with Crippen LogP contribution in [-0.4, -0.2) is 30.6 Å². The van der Waals surface area contributed by atoms with Crippen LogP contribution in [0.3, 0.4) is 0 Å². The number of ether oxygens (including phenoxy) is 1. The van der Waals surface area contributed by atoms with Crippen LogP contribution in [0, 0.1) is 5.92 Å². The third-order valence-electron chi connectivity index (χ3n) is 3.20. The van der Waals surface area contributed by atoms with Gasteiger partial charge in [0.1, 0.15) is 5.76 Å². The van der Waals surface area contributed by atoms with E-state index in [0.29, 0.717) is 25.5 Å². The van der Waals surface area contributed by atoms with Gasteiger partial charge >= 0.3 is 0 Å². The number of rotatable bonds is 7. The van der Waals surface area contributed by atoms with Gasteiger partial charge in [0.15, 0.2) is 0 Å². The van der Waals surface area contributed by atoms with E-state index in [9.17, 15) is 4.79 Å². The molecule has 0 fully saturated rings. The van der Waals surface area contributed by atoms with Crippen molar-refractivity contribution in [3.63, 3.8) is 0 Å². The van der Waals surface area contributed by atoms with Gasteiger partial charge in [0.05, 0.1) is 25.8 Å². The summed E-state index contributed by atoms with van der Waals surface area (Å²) >= 11 is 0. The first-order chi connectivity index (χ1) is 8.56. The number of methoxy groups -OCH3 is 1. The Hall–Kier alpha value is -1.29.